The van der Waals surface area contributed by atoms with Gasteiger partial charge in [-0.3, -0.25) is 14.0 Å². The summed E-state index contributed by atoms with van der Waals surface area (Å²) in [5.74, 6) is -0.981. The third kappa shape index (κ3) is 4.95. The molecule has 4 rings (SSSR count). The molecule has 1 amide bonds. The summed E-state index contributed by atoms with van der Waals surface area (Å²) in [6.07, 6.45) is 1.62. The van der Waals surface area contributed by atoms with E-state index in [0.717, 1.165) is 26.4 Å². The molecule has 0 saturated heterocycles. The molecule has 0 bridgehead atoms. The van der Waals surface area contributed by atoms with Crippen LogP contribution in [0.2, 0.25) is 0 Å². The summed E-state index contributed by atoms with van der Waals surface area (Å²) in [6, 6.07) is 14.5. The second-order valence-electron chi connectivity index (χ2n) is 6.74. The minimum atomic E-state index is -0.584. The molecule has 158 valence electrons. The molecule has 0 aliphatic heterocycles. The summed E-state index contributed by atoms with van der Waals surface area (Å²) >= 11 is 4.96. The molecule has 2 aromatic heterocycles. The van der Waals surface area contributed by atoms with Crippen molar-refractivity contribution in [1.82, 2.24) is 14.7 Å². The van der Waals surface area contributed by atoms with Gasteiger partial charge in [0.1, 0.15) is 5.75 Å². The van der Waals surface area contributed by atoms with Crippen LogP contribution >= 0.6 is 27.3 Å². The van der Waals surface area contributed by atoms with E-state index in [1.165, 1.54) is 17.4 Å². The fourth-order valence-corrected chi connectivity index (χ4v) is 4.22. The van der Waals surface area contributed by atoms with Gasteiger partial charge in [0.25, 0.3) is 5.91 Å². The highest BCUT2D eigenvalue weighted by Gasteiger charge is 2.14. The first-order valence-corrected chi connectivity index (χ1v) is 11.1. The second kappa shape index (κ2) is 9.32. The van der Waals surface area contributed by atoms with Crippen molar-refractivity contribution >= 4 is 44.1 Å². The molecule has 0 aliphatic rings. The van der Waals surface area contributed by atoms with Gasteiger partial charge < -0.3 is 15.2 Å². The van der Waals surface area contributed by atoms with Crippen LogP contribution in [0.5, 0.6) is 5.75 Å². The molecular formula is C22H18BrN3O4S. The highest BCUT2D eigenvalue weighted by atomic mass is 79.9. The van der Waals surface area contributed by atoms with Gasteiger partial charge in [0, 0.05) is 15.4 Å². The number of aromatic nitrogens is 2. The number of phenols is 1. The minimum absolute atomic E-state index is 0.0194. The number of halogens is 1. The van der Waals surface area contributed by atoms with Crippen molar-refractivity contribution in [3.8, 4) is 17.0 Å². The number of hydrogen-bond donors (Lipinski definition) is 2. The van der Waals surface area contributed by atoms with Crippen LogP contribution in [0.25, 0.3) is 16.2 Å². The number of rotatable bonds is 7. The number of amides is 1. The fraction of sp³-hybridized carbons (Fsp3) is 0.136. The molecule has 0 saturated carbocycles. The van der Waals surface area contributed by atoms with E-state index in [1.54, 1.807) is 24.4 Å². The number of hydrogen-bond acceptors (Lipinski definition) is 6. The Balaban J connectivity index is 1.35. The number of fused-ring (bicyclic) bond motifs is 1. The average molecular weight is 500 g/mol. The number of imidazole rings is 1. The Morgan fingerprint density at radius 2 is 1.94 bits per heavy atom. The molecule has 9 heteroatoms. The van der Waals surface area contributed by atoms with E-state index in [1.807, 2.05) is 34.0 Å². The van der Waals surface area contributed by atoms with Gasteiger partial charge in [-0.2, -0.15) is 0 Å². The van der Waals surface area contributed by atoms with Gasteiger partial charge in [-0.05, 0) is 23.8 Å². The molecule has 2 N–H and O–H groups in total. The lowest BCUT2D eigenvalue weighted by atomic mass is 10.1. The maximum absolute atomic E-state index is 12.2. The highest BCUT2D eigenvalue weighted by molar-refractivity contribution is 9.10. The summed E-state index contributed by atoms with van der Waals surface area (Å²) in [5, 5.41) is 14.5. The molecular weight excluding hydrogens is 482 g/mol. The van der Waals surface area contributed by atoms with Gasteiger partial charge in [0.05, 0.1) is 30.6 Å². The third-order valence-electron chi connectivity index (χ3n) is 4.62. The molecule has 4 aromatic rings. The van der Waals surface area contributed by atoms with E-state index >= 15 is 0 Å². The van der Waals surface area contributed by atoms with Crippen LogP contribution in [0.15, 0.2) is 64.6 Å². The van der Waals surface area contributed by atoms with Crippen molar-refractivity contribution in [2.24, 2.45) is 0 Å². The van der Waals surface area contributed by atoms with E-state index in [2.05, 4.69) is 26.2 Å². The predicted octanol–water partition coefficient (Wildman–Crippen LogP) is 3.93. The van der Waals surface area contributed by atoms with E-state index in [-0.39, 0.29) is 18.7 Å². The van der Waals surface area contributed by atoms with E-state index in [4.69, 9.17) is 4.74 Å². The van der Waals surface area contributed by atoms with Gasteiger partial charge in [0.2, 0.25) is 0 Å². The summed E-state index contributed by atoms with van der Waals surface area (Å²) < 4.78 is 8.02. The van der Waals surface area contributed by atoms with Gasteiger partial charge in [-0.15, -0.1) is 11.3 Å². The van der Waals surface area contributed by atoms with Crippen molar-refractivity contribution in [2.45, 2.75) is 13.0 Å². The molecule has 0 radical (unpaired) electrons. The number of ether oxygens (including phenoxy) is 1. The van der Waals surface area contributed by atoms with E-state index < -0.39 is 18.5 Å². The lowest BCUT2D eigenvalue weighted by molar-refractivity contribution is -0.147. The molecule has 2 aromatic carbocycles. The van der Waals surface area contributed by atoms with Crippen LogP contribution < -0.4 is 5.32 Å². The normalized spacial score (nSPS) is 10.9. The Morgan fingerprint density at radius 3 is 2.71 bits per heavy atom. The van der Waals surface area contributed by atoms with Crippen molar-refractivity contribution in [1.29, 1.82) is 0 Å². The number of benzene rings is 2. The predicted molar refractivity (Wildman–Crippen MR) is 121 cm³/mol. The molecule has 31 heavy (non-hydrogen) atoms. The minimum Gasteiger partial charge on any atom is -0.508 e. The zero-order chi connectivity index (χ0) is 21.8. The first kappa shape index (κ1) is 21.1. The van der Waals surface area contributed by atoms with Crippen molar-refractivity contribution in [3.63, 3.8) is 0 Å². The van der Waals surface area contributed by atoms with Gasteiger partial charge in [-0.1, -0.05) is 46.3 Å². The van der Waals surface area contributed by atoms with Crippen molar-refractivity contribution < 1.29 is 19.4 Å². The summed E-state index contributed by atoms with van der Waals surface area (Å²) in [5.41, 5.74) is 3.30. The van der Waals surface area contributed by atoms with E-state index in [0.29, 0.717) is 5.56 Å². The number of aromatic hydroxyl groups is 1. The lowest BCUT2D eigenvalue weighted by Gasteiger charge is -2.08. The Hall–Kier alpha value is -3.17. The maximum atomic E-state index is 12.2. The van der Waals surface area contributed by atoms with Gasteiger partial charge >= 0.3 is 5.97 Å². The summed E-state index contributed by atoms with van der Waals surface area (Å²) in [6.45, 7) is -0.144. The zero-order valence-corrected chi connectivity index (χ0v) is 18.6. The molecule has 0 aliphatic carbocycles. The monoisotopic (exact) mass is 499 g/mol. The number of esters is 1. The van der Waals surface area contributed by atoms with Crippen LogP contribution in [-0.2, 0) is 27.3 Å². The Bertz CT molecular complexity index is 1230. The molecule has 0 atom stereocenters. The second-order valence-corrected chi connectivity index (χ2v) is 8.49. The Morgan fingerprint density at radius 1 is 1.16 bits per heavy atom. The van der Waals surface area contributed by atoms with Crippen LogP contribution in [0.3, 0.4) is 0 Å². The fourth-order valence-electron chi connectivity index (χ4n) is 3.07. The quantitative estimate of drug-likeness (QED) is 0.375. The number of para-hydroxylation sites is 1. The first-order chi connectivity index (χ1) is 15.0. The standard InChI is InChI=1S/C22H18BrN3O4S/c23-16-7-5-14(6-8-16)18-13-31-22-25-11-17(26(18)22)10-24-20(28)12-30-21(29)9-15-3-1-2-4-19(15)27/h1-8,11,13,27H,9-10,12H2,(H,24,28). The largest absolute Gasteiger partial charge is 0.508 e. The number of thiazole rings is 1. The van der Waals surface area contributed by atoms with Crippen LogP contribution in [0.1, 0.15) is 11.3 Å². The Labute approximate surface area is 190 Å². The molecule has 0 spiro atoms. The van der Waals surface area contributed by atoms with Crippen molar-refractivity contribution in [2.75, 3.05) is 6.61 Å². The maximum Gasteiger partial charge on any atom is 0.310 e. The molecule has 7 nitrogen and oxygen atoms in total. The van der Waals surface area contributed by atoms with Crippen molar-refractivity contribution in [3.05, 3.63) is 75.8 Å². The number of nitrogens with one attached hydrogen (secondary N) is 1. The van der Waals surface area contributed by atoms with Crippen LogP contribution in [0, 0.1) is 0 Å². The summed E-state index contributed by atoms with van der Waals surface area (Å²) in [4.78, 5) is 29.3. The number of carbonyl (C=O) groups excluding carboxylic acids is 2. The first-order valence-electron chi connectivity index (χ1n) is 9.40. The van der Waals surface area contributed by atoms with Crippen LogP contribution in [0.4, 0.5) is 0 Å². The SMILES string of the molecule is O=C(COC(=O)Cc1ccccc1O)NCc1cnc2scc(-c3ccc(Br)cc3)n12. The zero-order valence-electron chi connectivity index (χ0n) is 16.2. The van der Waals surface area contributed by atoms with Gasteiger partial charge in [-0.25, -0.2) is 4.98 Å². The van der Waals surface area contributed by atoms with E-state index in [9.17, 15) is 14.7 Å². The number of nitrogens with zero attached hydrogens (tertiary/aromatic N) is 2. The Kier molecular flexibility index (Phi) is 6.34. The van der Waals surface area contributed by atoms with Crippen LogP contribution in [-0.4, -0.2) is 33.0 Å². The third-order valence-corrected chi connectivity index (χ3v) is 5.99. The average Bonchev–Trinajstić information content (AvgIpc) is 3.36. The smallest absolute Gasteiger partial charge is 0.310 e. The number of phenolic OH excluding ortho intramolecular Hbond substituents is 1. The number of carbonyl (C=O) groups is 2. The van der Waals surface area contributed by atoms with Gasteiger partial charge in [0.15, 0.2) is 11.6 Å². The topological polar surface area (TPSA) is 92.9 Å². The molecule has 2 heterocycles. The summed E-state index contributed by atoms with van der Waals surface area (Å²) in [7, 11) is 0. The molecule has 0 fully saturated rings. The highest BCUT2D eigenvalue weighted by Crippen LogP contribution is 2.28. The molecule has 0 unspecified atom stereocenters. The lowest BCUT2D eigenvalue weighted by Crippen LogP contribution is -2.29.